The average Bonchev–Trinajstić information content (AvgIpc) is 3.05. The number of para-hydroxylation sites is 1. The molecule has 0 aliphatic carbocycles. The van der Waals surface area contributed by atoms with Gasteiger partial charge in [-0.3, -0.25) is 9.59 Å². The maximum atomic E-state index is 12.0. The van der Waals surface area contributed by atoms with Crippen molar-refractivity contribution in [2.75, 3.05) is 19.0 Å². The highest BCUT2D eigenvalue weighted by Gasteiger charge is 2.15. The van der Waals surface area contributed by atoms with Crippen molar-refractivity contribution in [2.24, 2.45) is 0 Å². The summed E-state index contributed by atoms with van der Waals surface area (Å²) in [6.07, 6.45) is 1.45. The van der Waals surface area contributed by atoms with Gasteiger partial charge in [0.15, 0.2) is 6.61 Å². The van der Waals surface area contributed by atoms with Crippen LogP contribution in [-0.2, 0) is 20.7 Å². The molecular formula is C19H15Cl2NO5. The van der Waals surface area contributed by atoms with Crippen LogP contribution in [0.2, 0.25) is 10.0 Å². The Kier molecular flexibility index (Phi) is 5.88. The lowest BCUT2D eigenvalue weighted by Gasteiger charge is -2.09. The van der Waals surface area contributed by atoms with Crippen molar-refractivity contribution in [3.63, 3.8) is 0 Å². The lowest BCUT2D eigenvalue weighted by molar-refractivity contribution is -0.146. The summed E-state index contributed by atoms with van der Waals surface area (Å²) in [5.74, 6) is -0.449. The molecule has 27 heavy (non-hydrogen) atoms. The Morgan fingerprint density at radius 3 is 2.59 bits per heavy atom. The summed E-state index contributed by atoms with van der Waals surface area (Å²) in [7, 11) is 1.56. The molecule has 2 aromatic carbocycles. The first-order chi connectivity index (χ1) is 13.0. The van der Waals surface area contributed by atoms with Crippen LogP contribution in [-0.4, -0.2) is 25.6 Å². The molecule has 1 aromatic heterocycles. The molecule has 1 N–H and O–H groups in total. The number of carbonyl (C=O) groups is 2. The fourth-order valence-electron chi connectivity index (χ4n) is 2.47. The number of hydrogen-bond donors (Lipinski definition) is 1. The summed E-state index contributed by atoms with van der Waals surface area (Å²) >= 11 is 12.0. The Balaban J connectivity index is 1.57. The van der Waals surface area contributed by atoms with E-state index in [9.17, 15) is 9.59 Å². The van der Waals surface area contributed by atoms with Gasteiger partial charge in [-0.2, -0.15) is 0 Å². The first-order valence-electron chi connectivity index (χ1n) is 7.91. The maximum absolute atomic E-state index is 12.0. The molecular weight excluding hydrogens is 393 g/mol. The van der Waals surface area contributed by atoms with Gasteiger partial charge in [0.1, 0.15) is 11.3 Å². The van der Waals surface area contributed by atoms with Crippen LogP contribution in [0.25, 0.3) is 11.0 Å². The molecule has 8 heteroatoms. The van der Waals surface area contributed by atoms with Gasteiger partial charge >= 0.3 is 5.97 Å². The third-order valence-corrected chi connectivity index (χ3v) is 4.42. The van der Waals surface area contributed by atoms with Gasteiger partial charge < -0.3 is 19.2 Å². The molecule has 0 aliphatic heterocycles. The Labute approximate surface area is 164 Å². The summed E-state index contributed by atoms with van der Waals surface area (Å²) in [6.45, 7) is -0.454. The van der Waals surface area contributed by atoms with E-state index in [0.717, 1.165) is 5.39 Å². The fourth-order valence-corrected chi connectivity index (χ4v) is 2.96. The van der Waals surface area contributed by atoms with E-state index in [2.05, 4.69) is 5.32 Å². The van der Waals surface area contributed by atoms with Crippen molar-refractivity contribution in [3.8, 4) is 5.75 Å². The number of benzene rings is 2. The van der Waals surface area contributed by atoms with Crippen molar-refractivity contribution in [1.29, 1.82) is 0 Å². The van der Waals surface area contributed by atoms with Crippen LogP contribution in [0.15, 0.2) is 47.1 Å². The maximum Gasteiger partial charge on any atom is 0.310 e. The molecule has 140 valence electrons. The lowest BCUT2D eigenvalue weighted by Crippen LogP contribution is -2.22. The Hall–Kier alpha value is -2.70. The minimum Gasteiger partial charge on any atom is -0.497 e. The molecule has 0 saturated heterocycles. The number of rotatable bonds is 6. The second-order valence-corrected chi connectivity index (χ2v) is 6.42. The lowest BCUT2D eigenvalue weighted by atomic mass is 10.1. The van der Waals surface area contributed by atoms with Crippen LogP contribution in [0.4, 0.5) is 5.69 Å². The van der Waals surface area contributed by atoms with Crippen molar-refractivity contribution in [2.45, 2.75) is 6.42 Å². The number of amides is 1. The molecule has 1 amide bonds. The molecule has 3 aromatic rings. The molecule has 0 atom stereocenters. The molecule has 0 bridgehead atoms. The minimum atomic E-state index is -0.561. The standard InChI is InChI=1S/C19H15Cl2NO5/c1-25-12-5-6-13-11(9-26-16(13)8-12)7-18(24)27-10-17(23)22-19-14(20)3-2-4-15(19)21/h2-6,8-9H,7,10H2,1H3,(H,22,23). The first kappa shape index (κ1) is 19.1. The van der Waals surface area contributed by atoms with Crippen LogP contribution in [0.5, 0.6) is 5.75 Å². The average molecular weight is 408 g/mol. The highest BCUT2D eigenvalue weighted by molar-refractivity contribution is 6.39. The number of hydrogen-bond acceptors (Lipinski definition) is 5. The number of fused-ring (bicyclic) bond motifs is 1. The zero-order valence-electron chi connectivity index (χ0n) is 14.3. The molecule has 0 fully saturated rings. The molecule has 0 aliphatic rings. The SMILES string of the molecule is COc1ccc2c(CC(=O)OCC(=O)Nc3c(Cl)cccc3Cl)coc2c1. The molecule has 1 heterocycles. The van der Waals surface area contributed by atoms with Crippen molar-refractivity contribution < 1.29 is 23.5 Å². The normalized spacial score (nSPS) is 10.6. The van der Waals surface area contributed by atoms with E-state index < -0.39 is 18.5 Å². The topological polar surface area (TPSA) is 77.8 Å². The van der Waals surface area contributed by atoms with E-state index in [4.69, 9.17) is 37.1 Å². The number of carbonyl (C=O) groups excluding carboxylic acids is 2. The zero-order chi connectivity index (χ0) is 19.4. The summed E-state index contributed by atoms with van der Waals surface area (Å²) in [6, 6.07) is 10.1. The van der Waals surface area contributed by atoms with E-state index >= 15 is 0 Å². The zero-order valence-corrected chi connectivity index (χ0v) is 15.8. The van der Waals surface area contributed by atoms with Gasteiger partial charge in [-0.25, -0.2) is 0 Å². The summed E-state index contributed by atoms with van der Waals surface area (Å²) < 4.78 is 15.6. The van der Waals surface area contributed by atoms with Crippen LogP contribution < -0.4 is 10.1 Å². The van der Waals surface area contributed by atoms with Gasteiger partial charge in [0.2, 0.25) is 0 Å². The predicted molar refractivity (Wildman–Crippen MR) is 103 cm³/mol. The highest BCUT2D eigenvalue weighted by atomic mass is 35.5. The number of esters is 1. The third-order valence-electron chi connectivity index (χ3n) is 3.79. The summed E-state index contributed by atoms with van der Waals surface area (Å²) in [4.78, 5) is 24.0. The summed E-state index contributed by atoms with van der Waals surface area (Å²) in [5.41, 5.74) is 1.53. The van der Waals surface area contributed by atoms with E-state index in [1.807, 2.05) is 0 Å². The predicted octanol–water partition coefficient (Wildman–Crippen LogP) is 4.47. The molecule has 3 rings (SSSR count). The van der Waals surface area contributed by atoms with Crippen LogP contribution >= 0.6 is 23.2 Å². The molecule has 0 unspecified atom stereocenters. The quantitative estimate of drug-likeness (QED) is 0.609. The van der Waals surface area contributed by atoms with Gasteiger partial charge in [-0.05, 0) is 24.3 Å². The van der Waals surface area contributed by atoms with Gasteiger partial charge in [-0.1, -0.05) is 29.3 Å². The Bertz CT molecular complexity index is 979. The summed E-state index contributed by atoms with van der Waals surface area (Å²) in [5, 5.41) is 3.89. The molecule has 0 saturated carbocycles. The largest absolute Gasteiger partial charge is 0.497 e. The van der Waals surface area contributed by atoms with E-state index in [1.54, 1.807) is 43.5 Å². The van der Waals surface area contributed by atoms with Gasteiger partial charge in [-0.15, -0.1) is 0 Å². The van der Waals surface area contributed by atoms with Gasteiger partial charge in [0, 0.05) is 17.0 Å². The van der Waals surface area contributed by atoms with Gasteiger partial charge in [0.05, 0.1) is 35.5 Å². The van der Waals surface area contributed by atoms with Gasteiger partial charge in [0.25, 0.3) is 5.91 Å². The third kappa shape index (κ3) is 4.53. The van der Waals surface area contributed by atoms with Crippen molar-refractivity contribution >= 4 is 51.7 Å². The van der Waals surface area contributed by atoms with E-state index in [-0.39, 0.29) is 12.1 Å². The number of nitrogens with one attached hydrogen (secondary N) is 1. The van der Waals surface area contributed by atoms with E-state index in [0.29, 0.717) is 26.9 Å². The van der Waals surface area contributed by atoms with Crippen molar-refractivity contribution in [1.82, 2.24) is 0 Å². The fraction of sp³-hybridized carbons (Fsp3) is 0.158. The van der Waals surface area contributed by atoms with Crippen LogP contribution in [0.1, 0.15) is 5.56 Å². The second-order valence-electron chi connectivity index (χ2n) is 5.61. The molecule has 0 spiro atoms. The minimum absolute atomic E-state index is 0.0283. The van der Waals surface area contributed by atoms with E-state index in [1.165, 1.54) is 6.26 Å². The second kappa shape index (κ2) is 8.33. The molecule has 6 nitrogen and oxygen atoms in total. The number of halogens is 2. The first-order valence-corrected chi connectivity index (χ1v) is 8.67. The number of furan rings is 1. The Morgan fingerprint density at radius 1 is 1.15 bits per heavy atom. The number of anilines is 1. The molecule has 0 radical (unpaired) electrons. The highest BCUT2D eigenvalue weighted by Crippen LogP contribution is 2.29. The Morgan fingerprint density at radius 2 is 1.89 bits per heavy atom. The van der Waals surface area contributed by atoms with Crippen molar-refractivity contribution in [3.05, 3.63) is 58.3 Å². The number of ether oxygens (including phenoxy) is 2. The van der Waals surface area contributed by atoms with Crippen LogP contribution in [0.3, 0.4) is 0 Å². The smallest absolute Gasteiger partial charge is 0.310 e. The number of methoxy groups -OCH3 is 1. The monoisotopic (exact) mass is 407 g/mol. The van der Waals surface area contributed by atoms with Crippen LogP contribution in [0, 0.1) is 0 Å².